The molecule has 1 heterocycles. The Bertz CT molecular complexity index is 1070. The highest BCUT2D eigenvalue weighted by atomic mass is 16.5. The molecule has 0 saturated heterocycles. The second kappa shape index (κ2) is 8.92. The van der Waals surface area contributed by atoms with Crippen LogP contribution in [0.15, 0.2) is 96.1 Å². The lowest BCUT2D eigenvalue weighted by Crippen LogP contribution is -2.10. The lowest BCUT2D eigenvalue weighted by molar-refractivity contribution is -0.462. The number of rotatable bonds is 4. The van der Waals surface area contributed by atoms with Crippen LogP contribution >= 0.6 is 0 Å². The molecule has 4 nitrogen and oxygen atoms in total. The molecule has 0 radical (unpaired) electrons. The standard InChI is InChI=1S/C27H26NO3/c1-28(2)23-11-5-19(6-12-23)22-17-26(20-7-13-24(29-3)14-8-20)31-27(18-22)21-9-15-25(30-4)16-10-21/h5-18H,1-4H3/q+1. The van der Waals surface area contributed by atoms with Gasteiger partial charge in [0.05, 0.1) is 14.2 Å². The second-order valence-electron chi connectivity index (χ2n) is 7.47. The topological polar surface area (TPSA) is 30.7 Å². The van der Waals surface area contributed by atoms with Crippen molar-refractivity contribution in [2.45, 2.75) is 0 Å². The van der Waals surface area contributed by atoms with Crippen LogP contribution in [0.1, 0.15) is 11.1 Å². The molecule has 0 fully saturated rings. The highest BCUT2D eigenvalue weighted by molar-refractivity contribution is 6.02. The average molecular weight is 413 g/mol. The smallest absolute Gasteiger partial charge is 0.199 e. The Labute approximate surface area is 183 Å². The maximum Gasteiger partial charge on any atom is 0.199 e. The third-order valence-corrected chi connectivity index (χ3v) is 5.26. The van der Waals surface area contributed by atoms with Crippen LogP contribution in [0.5, 0.6) is 11.5 Å². The minimum Gasteiger partial charge on any atom is -0.497 e. The Morgan fingerprint density at radius 1 is 0.613 bits per heavy atom. The molecule has 0 amide bonds. The van der Waals surface area contributed by atoms with Gasteiger partial charge >= 0.3 is 0 Å². The summed E-state index contributed by atoms with van der Waals surface area (Å²) >= 11 is 0. The summed E-state index contributed by atoms with van der Waals surface area (Å²) in [5.74, 6) is 3.22. The predicted molar refractivity (Wildman–Crippen MR) is 125 cm³/mol. The number of methoxy groups -OCH3 is 2. The summed E-state index contributed by atoms with van der Waals surface area (Å²) in [6, 6.07) is 15.8. The summed E-state index contributed by atoms with van der Waals surface area (Å²) in [6.45, 7) is 0. The molecule has 1 aliphatic carbocycles. The zero-order chi connectivity index (χ0) is 21.8. The summed E-state index contributed by atoms with van der Waals surface area (Å²) in [7, 11) is 7.41. The number of hydrogen-bond donors (Lipinski definition) is 0. The van der Waals surface area contributed by atoms with E-state index >= 15 is 0 Å². The number of allylic oxidation sites excluding steroid dienone is 8. The van der Waals surface area contributed by atoms with Crippen molar-refractivity contribution in [2.75, 3.05) is 28.3 Å². The lowest BCUT2D eigenvalue weighted by Gasteiger charge is -2.20. The molecule has 2 aliphatic rings. The van der Waals surface area contributed by atoms with Crippen molar-refractivity contribution >= 4 is 17.2 Å². The van der Waals surface area contributed by atoms with Crippen molar-refractivity contribution in [3.8, 4) is 11.5 Å². The minimum absolute atomic E-state index is 0.794. The first-order chi connectivity index (χ1) is 15.1. The zero-order valence-electron chi connectivity index (χ0n) is 18.3. The molecule has 4 rings (SSSR count). The van der Waals surface area contributed by atoms with Crippen molar-refractivity contribution in [2.24, 2.45) is 0 Å². The normalized spacial score (nSPS) is 15.3. The van der Waals surface area contributed by atoms with Gasteiger partial charge in [0, 0.05) is 23.3 Å². The molecule has 1 aliphatic heterocycles. The molecule has 0 unspecified atom stereocenters. The van der Waals surface area contributed by atoms with Gasteiger partial charge in [-0.15, -0.1) is 0 Å². The van der Waals surface area contributed by atoms with Gasteiger partial charge in [0.15, 0.2) is 5.71 Å². The molecule has 31 heavy (non-hydrogen) atoms. The van der Waals surface area contributed by atoms with Crippen molar-refractivity contribution in [1.29, 1.82) is 0 Å². The molecule has 0 aromatic heterocycles. The molecule has 0 spiro atoms. The third-order valence-electron chi connectivity index (χ3n) is 5.26. The van der Waals surface area contributed by atoms with Crippen molar-refractivity contribution in [3.05, 3.63) is 107 Å². The van der Waals surface area contributed by atoms with Crippen LogP contribution in [-0.4, -0.2) is 38.6 Å². The maximum absolute atomic E-state index is 6.33. The number of hydrogen-bond acceptors (Lipinski definition) is 3. The van der Waals surface area contributed by atoms with E-state index in [2.05, 4.69) is 41.0 Å². The van der Waals surface area contributed by atoms with Crippen LogP contribution in [0.3, 0.4) is 0 Å². The SMILES string of the molecule is COc1ccc(C2=CC(=C3C=CC(=[N+](C)C)C=C3)C=C(c3ccc(OC)cc3)O2)cc1. The van der Waals surface area contributed by atoms with Crippen LogP contribution in [0.2, 0.25) is 0 Å². The molecule has 156 valence electrons. The largest absolute Gasteiger partial charge is 0.497 e. The molecular formula is C27H26NO3+. The predicted octanol–water partition coefficient (Wildman–Crippen LogP) is 5.25. The molecular weight excluding hydrogens is 386 g/mol. The van der Waals surface area contributed by atoms with Gasteiger partial charge in [-0.3, -0.25) is 0 Å². The molecule has 0 atom stereocenters. The fourth-order valence-corrected chi connectivity index (χ4v) is 3.42. The summed E-state index contributed by atoms with van der Waals surface area (Å²) in [4.78, 5) is 0. The number of ether oxygens (including phenoxy) is 3. The summed E-state index contributed by atoms with van der Waals surface area (Å²) < 4.78 is 19.0. The average Bonchev–Trinajstić information content (AvgIpc) is 2.84. The Hall–Kier alpha value is -3.79. The van der Waals surface area contributed by atoms with Gasteiger partial charge in [-0.25, -0.2) is 4.58 Å². The molecule has 0 saturated carbocycles. The van der Waals surface area contributed by atoms with Crippen molar-refractivity contribution in [1.82, 2.24) is 0 Å². The van der Waals surface area contributed by atoms with Crippen LogP contribution in [-0.2, 0) is 4.74 Å². The Morgan fingerprint density at radius 3 is 1.45 bits per heavy atom. The Kier molecular flexibility index (Phi) is 5.89. The van der Waals surface area contributed by atoms with Crippen LogP contribution in [0, 0.1) is 0 Å². The first kappa shape index (κ1) is 20.5. The van der Waals surface area contributed by atoms with Crippen LogP contribution < -0.4 is 9.47 Å². The lowest BCUT2D eigenvalue weighted by atomic mass is 9.97. The van der Waals surface area contributed by atoms with E-state index in [4.69, 9.17) is 14.2 Å². The van der Waals surface area contributed by atoms with Gasteiger partial charge in [-0.05, 0) is 84.0 Å². The quantitative estimate of drug-likeness (QED) is 0.643. The van der Waals surface area contributed by atoms with E-state index in [1.165, 1.54) is 0 Å². The monoisotopic (exact) mass is 412 g/mol. The van der Waals surface area contributed by atoms with E-state index in [1.807, 2.05) is 62.6 Å². The summed E-state index contributed by atoms with van der Waals surface area (Å²) in [6.07, 6.45) is 12.7. The molecule has 2 aromatic carbocycles. The summed E-state index contributed by atoms with van der Waals surface area (Å²) in [5, 5.41) is 0. The van der Waals surface area contributed by atoms with E-state index < -0.39 is 0 Å². The second-order valence-corrected chi connectivity index (χ2v) is 7.47. The van der Waals surface area contributed by atoms with E-state index in [0.717, 1.165) is 51.0 Å². The Balaban J connectivity index is 1.78. The van der Waals surface area contributed by atoms with E-state index in [9.17, 15) is 0 Å². The van der Waals surface area contributed by atoms with Gasteiger partial charge in [0.1, 0.15) is 37.1 Å². The van der Waals surface area contributed by atoms with E-state index in [1.54, 1.807) is 14.2 Å². The number of nitrogens with zero attached hydrogens (tertiary/aromatic N) is 1. The van der Waals surface area contributed by atoms with Gasteiger partial charge < -0.3 is 14.2 Å². The fraction of sp³-hybridized carbons (Fsp3) is 0.148. The highest BCUT2D eigenvalue weighted by Crippen LogP contribution is 2.35. The highest BCUT2D eigenvalue weighted by Gasteiger charge is 2.18. The Morgan fingerprint density at radius 2 is 1.06 bits per heavy atom. The fourth-order valence-electron chi connectivity index (χ4n) is 3.42. The van der Waals surface area contributed by atoms with Crippen LogP contribution in [0.25, 0.3) is 11.5 Å². The minimum atomic E-state index is 0.794. The van der Waals surface area contributed by atoms with Crippen molar-refractivity contribution in [3.63, 3.8) is 0 Å². The van der Waals surface area contributed by atoms with Gasteiger partial charge in [0.25, 0.3) is 0 Å². The van der Waals surface area contributed by atoms with E-state index in [-0.39, 0.29) is 0 Å². The van der Waals surface area contributed by atoms with E-state index in [0.29, 0.717) is 0 Å². The first-order valence-electron chi connectivity index (χ1n) is 10.1. The van der Waals surface area contributed by atoms with Gasteiger partial charge in [-0.2, -0.15) is 0 Å². The van der Waals surface area contributed by atoms with Crippen LogP contribution in [0.4, 0.5) is 0 Å². The van der Waals surface area contributed by atoms with Gasteiger partial charge in [0.2, 0.25) is 0 Å². The van der Waals surface area contributed by atoms with Gasteiger partial charge in [-0.1, -0.05) is 0 Å². The molecule has 4 heteroatoms. The third kappa shape index (κ3) is 4.53. The maximum atomic E-state index is 6.33. The van der Waals surface area contributed by atoms with Crippen molar-refractivity contribution < 1.29 is 18.8 Å². The molecule has 0 bridgehead atoms. The zero-order valence-corrected chi connectivity index (χ0v) is 18.3. The summed E-state index contributed by atoms with van der Waals surface area (Å²) in [5.41, 5.74) is 5.36. The first-order valence-corrected chi connectivity index (χ1v) is 10.1. The number of benzene rings is 2. The molecule has 2 aromatic rings. The molecule has 0 N–H and O–H groups in total.